The van der Waals surface area contributed by atoms with Crippen LogP contribution in [0.2, 0.25) is 0 Å². The maximum atomic E-state index is 12.2. The highest BCUT2D eigenvalue weighted by Crippen LogP contribution is 2.13. The second-order valence-electron chi connectivity index (χ2n) is 11.6. The van der Waals surface area contributed by atoms with E-state index in [1.54, 1.807) is 0 Å². The van der Waals surface area contributed by atoms with Crippen LogP contribution in [0.5, 0.6) is 0 Å². The van der Waals surface area contributed by atoms with Crippen molar-refractivity contribution >= 4 is 5.91 Å². The highest BCUT2D eigenvalue weighted by Gasteiger charge is 2.19. The second-order valence-corrected chi connectivity index (χ2v) is 11.6. The third kappa shape index (κ3) is 26.7. The van der Waals surface area contributed by atoms with Crippen molar-refractivity contribution in [1.82, 2.24) is 5.32 Å². The molecule has 0 aliphatic rings. The van der Waals surface area contributed by atoms with Crippen LogP contribution >= 0.6 is 0 Å². The van der Waals surface area contributed by atoms with Gasteiger partial charge in [-0.25, -0.2) is 0 Å². The van der Waals surface area contributed by atoms with Gasteiger partial charge in [-0.05, 0) is 38.5 Å². The van der Waals surface area contributed by atoms with Crippen molar-refractivity contribution in [3.05, 3.63) is 12.2 Å². The molecule has 0 bridgehead atoms. The molecule has 0 rings (SSSR count). The molecule has 0 radical (unpaired) electrons. The third-order valence-electron chi connectivity index (χ3n) is 7.78. The molecule has 4 nitrogen and oxygen atoms in total. The van der Waals surface area contributed by atoms with Crippen LogP contribution in [0.4, 0.5) is 0 Å². The summed E-state index contributed by atoms with van der Waals surface area (Å²) in [7, 11) is 0. The molecule has 2 atom stereocenters. The van der Waals surface area contributed by atoms with E-state index in [9.17, 15) is 15.0 Å². The summed E-state index contributed by atoms with van der Waals surface area (Å²) in [4.78, 5) is 12.2. The van der Waals surface area contributed by atoms with E-state index in [2.05, 4.69) is 31.3 Å². The van der Waals surface area contributed by atoms with Gasteiger partial charge in [0.25, 0.3) is 0 Å². The average molecular weight is 538 g/mol. The van der Waals surface area contributed by atoms with Crippen LogP contribution in [0.15, 0.2) is 12.2 Å². The molecular weight excluding hydrogens is 470 g/mol. The topological polar surface area (TPSA) is 69.6 Å². The quantitative estimate of drug-likeness (QED) is 0.0631. The molecule has 0 saturated carbocycles. The molecule has 0 fully saturated rings. The Labute approximate surface area is 237 Å². The molecule has 0 spiro atoms. The minimum Gasteiger partial charge on any atom is -0.394 e. The number of nitrogens with one attached hydrogen (secondary N) is 1. The van der Waals surface area contributed by atoms with Gasteiger partial charge in [0.2, 0.25) is 5.91 Å². The van der Waals surface area contributed by atoms with E-state index in [0.29, 0.717) is 12.8 Å². The Kier molecular flexibility index (Phi) is 30.0. The lowest BCUT2D eigenvalue weighted by Gasteiger charge is -2.22. The molecule has 3 N–H and O–H groups in total. The first kappa shape index (κ1) is 37.1. The van der Waals surface area contributed by atoms with Crippen molar-refractivity contribution in [3.63, 3.8) is 0 Å². The van der Waals surface area contributed by atoms with E-state index in [4.69, 9.17) is 0 Å². The molecule has 0 aliphatic carbocycles. The van der Waals surface area contributed by atoms with Crippen LogP contribution in [0.3, 0.4) is 0 Å². The van der Waals surface area contributed by atoms with Gasteiger partial charge in [-0.1, -0.05) is 148 Å². The standard InChI is InChI=1S/C34H67NO3/c1-3-5-7-9-11-13-15-16-17-18-19-20-21-23-25-27-29-33(37)32(31-36)35-34(38)30-28-26-24-22-14-12-10-8-6-4-2/h20-21,32-33,36-37H,3-19,22-31H2,1-2H3,(H,35,38)/b21-20+/t32-,33+/m0/s1. The van der Waals surface area contributed by atoms with Gasteiger partial charge >= 0.3 is 0 Å². The first-order valence-corrected chi connectivity index (χ1v) is 16.9. The van der Waals surface area contributed by atoms with E-state index in [1.165, 1.54) is 122 Å². The number of aliphatic hydroxyl groups is 2. The van der Waals surface area contributed by atoms with Crippen LogP contribution in [-0.2, 0) is 4.79 Å². The molecule has 226 valence electrons. The minimum absolute atomic E-state index is 0.0439. The zero-order valence-electron chi connectivity index (χ0n) is 25.7. The number of hydrogen-bond donors (Lipinski definition) is 3. The van der Waals surface area contributed by atoms with E-state index in [1.807, 2.05) is 0 Å². The van der Waals surface area contributed by atoms with Crippen LogP contribution in [0.1, 0.15) is 181 Å². The van der Waals surface area contributed by atoms with E-state index < -0.39 is 12.1 Å². The van der Waals surface area contributed by atoms with Crippen LogP contribution < -0.4 is 5.32 Å². The molecule has 0 aromatic carbocycles. The SMILES string of the molecule is CCCCCCCCCCCC/C=C/CCCC[C@@H](O)[C@H](CO)NC(=O)CCCCCCCCCCCC. The number of aliphatic hydroxyl groups excluding tert-OH is 2. The van der Waals surface area contributed by atoms with Crippen molar-refractivity contribution in [1.29, 1.82) is 0 Å². The number of unbranched alkanes of at least 4 members (excludes halogenated alkanes) is 21. The normalized spacial score (nSPS) is 13.3. The van der Waals surface area contributed by atoms with Gasteiger partial charge < -0.3 is 15.5 Å². The van der Waals surface area contributed by atoms with Gasteiger partial charge in [0.05, 0.1) is 18.8 Å². The molecule has 1 amide bonds. The molecular formula is C34H67NO3. The molecule has 0 unspecified atom stereocenters. The minimum atomic E-state index is -0.674. The largest absolute Gasteiger partial charge is 0.394 e. The van der Waals surface area contributed by atoms with Gasteiger partial charge in [0.1, 0.15) is 0 Å². The lowest BCUT2D eigenvalue weighted by Crippen LogP contribution is -2.45. The Balaban J connectivity index is 3.60. The molecule has 0 saturated heterocycles. The summed E-state index contributed by atoms with van der Waals surface area (Å²) in [6, 6.07) is -0.544. The second kappa shape index (κ2) is 30.7. The smallest absolute Gasteiger partial charge is 0.220 e. The van der Waals surface area contributed by atoms with Gasteiger partial charge in [-0.3, -0.25) is 4.79 Å². The van der Waals surface area contributed by atoms with Gasteiger partial charge in [0, 0.05) is 6.42 Å². The third-order valence-corrected chi connectivity index (χ3v) is 7.78. The Morgan fingerprint density at radius 1 is 0.605 bits per heavy atom. The van der Waals surface area contributed by atoms with E-state index in [-0.39, 0.29) is 12.5 Å². The van der Waals surface area contributed by atoms with Gasteiger partial charge in [-0.2, -0.15) is 0 Å². The molecule has 0 aliphatic heterocycles. The Morgan fingerprint density at radius 2 is 1.00 bits per heavy atom. The Bertz CT molecular complexity index is 508. The van der Waals surface area contributed by atoms with Crippen molar-refractivity contribution in [2.45, 2.75) is 193 Å². The van der Waals surface area contributed by atoms with Gasteiger partial charge in [-0.15, -0.1) is 0 Å². The zero-order chi connectivity index (χ0) is 27.9. The number of carbonyl (C=O) groups is 1. The summed E-state index contributed by atoms with van der Waals surface area (Å²) in [5.41, 5.74) is 0. The zero-order valence-corrected chi connectivity index (χ0v) is 25.7. The number of hydrogen-bond acceptors (Lipinski definition) is 3. The summed E-state index contributed by atoms with van der Waals surface area (Å²) >= 11 is 0. The number of amides is 1. The Hall–Kier alpha value is -0.870. The Morgan fingerprint density at radius 3 is 1.45 bits per heavy atom. The van der Waals surface area contributed by atoms with Crippen LogP contribution in [0, 0.1) is 0 Å². The maximum Gasteiger partial charge on any atom is 0.220 e. The molecule has 38 heavy (non-hydrogen) atoms. The fourth-order valence-electron chi connectivity index (χ4n) is 5.12. The number of rotatable bonds is 30. The highest BCUT2D eigenvalue weighted by atomic mass is 16.3. The van der Waals surface area contributed by atoms with Crippen molar-refractivity contribution in [2.75, 3.05) is 6.61 Å². The molecule has 0 aromatic rings. The summed E-state index contributed by atoms with van der Waals surface area (Å²) in [5, 5.41) is 22.9. The average Bonchev–Trinajstić information content (AvgIpc) is 2.92. The lowest BCUT2D eigenvalue weighted by molar-refractivity contribution is -0.123. The molecule has 0 aromatic heterocycles. The summed E-state index contributed by atoms with van der Waals surface area (Å²) in [6.45, 7) is 4.32. The van der Waals surface area contributed by atoms with Crippen LogP contribution in [-0.4, -0.2) is 34.9 Å². The lowest BCUT2D eigenvalue weighted by atomic mass is 10.0. The van der Waals surface area contributed by atoms with E-state index in [0.717, 1.165) is 32.1 Å². The van der Waals surface area contributed by atoms with Crippen molar-refractivity contribution < 1.29 is 15.0 Å². The number of allylic oxidation sites excluding steroid dienone is 2. The maximum absolute atomic E-state index is 12.2. The highest BCUT2D eigenvalue weighted by molar-refractivity contribution is 5.76. The van der Waals surface area contributed by atoms with Crippen molar-refractivity contribution in [2.24, 2.45) is 0 Å². The first-order valence-electron chi connectivity index (χ1n) is 16.9. The van der Waals surface area contributed by atoms with E-state index >= 15 is 0 Å². The monoisotopic (exact) mass is 538 g/mol. The fourth-order valence-corrected chi connectivity index (χ4v) is 5.12. The molecule has 0 heterocycles. The van der Waals surface area contributed by atoms with Crippen LogP contribution in [0.25, 0.3) is 0 Å². The fraction of sp³-hybridized carbons (Fsp3) is 0.912. The predicted molar refractivity (Wildman–Crippen MR) is 166 cm³/mol. The summed E-state index contributed by atoms with van der Waals surface area (Å²) < 4.78 is 0. The van der Waals surface area contributed by atoms with Gasteiger partial charge in [0.15, 0.2) is 0 Å². The molecule has 4 heteroatoms. The summed E-state index contributed by atoms with van der Waals surface area (Å²) in [6.07, 6.45) is 35.5. The van der Waals surface area contributed by atoms with Crippen molar-refractivity contribution in [3.8, 4) is 0 Å². The summed E-state index contributed by atoms with van der Waals surface area (Å²) in [5.74, 6) is -0.0439. The number of carbonyl (C=O) groups excluding carboxylic acids is 1. The first-order chi connectivity index (χ1) is 18.7. The predicted octanol–water partition coefficient (Wildman–Crippen LogP) is 9.56.